The van der Waals surface area contributed by atoms with Crippen LogP contribution in [0.1, 0.15) is 25.7 Å². The van der Waals surface area contributed by atoms with E-state index in [1.807, 2.05) is 30.3 Å². The van der Waals surface area contributed by atoms with Crippen molar-refractivity contribution in [3.63, 3.8) is 0 Å². The molecule has 2 aliphatic rings. The molecular formula is C18H25N3O3. The van der Waals surface area contributed by atoms with Crippen LogP contribution in [0.5, 0.6) is 0 Å². The van der Waals surface area contributed by atoms with Crippen molar-refractivity contribution in [3.05, 3.63) is 30.3 Å². The number of piperidine rings is 2. The normalized spacial score (nSPS) is 23.8. The number of anilines is 1. The van der Waals surface area contributed by atoms with Gasteiger partial charge in [-0.05, 0) is 50.9 Å². The van der Waals surface area contributed by atoms with Crippen LogP contribution in [0.25, 0.3) is 0 Å². The van der Waals surface area contributed by atoms with Crippen molar-refractivity contribution in [2.24, 2.45) is 0 Å². The van der Waals surface area contributed by atoms with E-state index in [0.717, 1.165) is 25.2 Å². The third-order valence-electron chi connectivity index (χ3n) is 5.03. The molecule has 130 valence electrons. The highest BCUT2D eigenvalue weighted by Gasteiger charge is 2.42. The van der Waals surface area contributed by atoms with E-state index in [-0.39, 0.29) is 11.8 Å². The lowest BCUT2D eigenvalue weighted by atomic mass is 9.90. The van der Waals surface area contributed by atoms with Crippen LogP contribution in [-0.4, -0.2) is 50.2 Å². The van der Waals surface area contributed by atoms with Crippen LogP contribution in [0, 0.1) is 0 Å². The van der Waals surface area contributed by atoms with Gasteiger partial charge in [-0.2, -0.15) is 0 Å². The van der Waals surface area contributed by atoms with Gasteiger partial charge in [0, 0.05) is 19.3 Å². The van der Waals surface area contributed by atoms with Crippen LogP contribution in [0.2, 0.25) is 0 Å². The highest BCUT2D eigenvalue weighted by molar-refractivity contribution is 6.00. The Hall–Kier alpha value is -1.92. The van der Waals surface area contributed by atoms with Crippen LogP contribution >= 0.6 is 0 Å². The van der Waals surface area contributed by atoms with Gasteiger partial charge in [0.05, 0.1) is 0 Å². The Balaban J connectivity index is 1.70. The second-order valence-electron chi connectivity index (χ2n) is 6.44. The number of benzene rings is 1. The number of carbonyl (C=O) groups excluding carboxylic acids is 2. The molecule has 2 N–H and O–H groups in total. The first-order chi connectivity index (χ1) is 11.7. The summed E-state index contributed by atoms with van der Waals surface area (Å²) in [6, 6.07) is 9.13. The van der Waals surface area contributed by atoms with Crippen LogP contribution in [0.4, 0.5) is 5.69 Å². The van der Waals surface area contributed by atoms with Crippen molar-refractivity contribution in [1.82, 2.24) is 10.6 Å². The molecule has 0 bridgehead atoms. The van der Waals surface area contributed by atoms with Crippen LogP contribution in [0.3, 0.4) is 0 Å². The maximum atomic E-state index is 12.8. The molecule has 6 heteroatoms. The SMILES string of the molecule is COC1(C(=O)NC2CCCN(c3ccccc3)C2=O)CCNCC1. The standard InChI is InChI=1S/C18H25N3O3/c1-24-18(9-11-19-12-10-18)17(23)20-15-8-5-13-21(16(15)22)14-6-3-2-4-7-14/h2-4,6-7,15,19H,5,8-13H2,1H3,(H,20,23). The first-order valence-electron chi connectivity index (χ1n) is 8.59. The summed E-state index contributed by atoms with van der Waals surface area (Å²) >= 11 is 0. The monoisotopic (exact) mass is 331 g/mol. The van der Waals surface area contributed by atoms with Gasteiger partial charge in [-0.25, -0.2) is 0 Å². The molecule has 0 aromatic heterocycles. The third kappa shape index (κ3) is 3.30. The average Bonchev–Trinajstić information content (AvgIpc) is 2.64. The van der Waals surface area contributed by atoms with Crippen molar-refractivity contribution in [2.75, 3.05) is 31.6 Å². The first-order valence-corrected chi connectivity index (χ1v) is 8.59. The van der Waals surface area contributed by atoms with E-state index >= 15 is 0 Å². The molecule has 1 atom stereocenters. The maximum Gasteiger partial charge on any atom is 0.252 e. The van der Waals surface area contributed by atoms with E-state index in [1.165, 1.54) is 0 Å². The number of hydrogen-bond acceptors (Lipinski definition) is 4. The number of nitrogens with one attached hydrogen (secondary N) is 2. The van der Waals surface area contributed by atoms with Crippen molar-refractivity contribution in [2.45, 2.75) is 37.3 Å². The molecule has 2 fully saturated rings. The minimum atomic E-state index is -0.819. The molecule has 0 aliphatic carbocycles. The zero-order valence-corrected chi connectivity index (χ0v) is 14.1. The fraction of sp³-hybridized carbons (Fsp3) is 0.556. The van der Waals surface area contributed by atoms with Crippen LogP contribution in [-0.2, 0) is 14.3 Å². The number of hydrogen-bond donors (Lipinski definition) is 2. The highest BCUT2D eigenvalue weighted by Crippen LogP contribution is 2.25. The largest absolute Gasteiger partial charge is 0.368 e. The highest BCUT2D eigenvalue weighted by atomic mass is 16.5. The van der Waals surface area contributed by atoms with Gasteiger partial charge < -0.3 is 20.3 Å². The molecule has 1 aromatic carbocycles. The predicted molar refractivity (Wildman–Crippen MR) is 91.8 cm³/mol. The van der Waals surface area contributed by atoms with Crippen molar-refractivity contribution in [3.8, 4) is 0 Å². The fourth-order valence-electron chi connectivity index (χ4n) is 3.52. The van der Waals surface area contributed by atoms with E-state index in [4.69, 9.17) is 4.74 Å². The topological polar surface area (TPSA) is 70.7 Å². The molecule has 2 heterocycles. The van der Waals surface area contributed by atoms with Crippen LogP contribution in [0.15, 0.2) is 30.3 Å². The minimum Gasteiger partial charge on any atom is -0.368 e. The molecule has 0 spiro atoms. The van der Waals surface area contributed by atoms with Gasteiger partial charge >= 0.3 is 0 Å². The van der Waals surface area contributed by atoms with E-state index in [1.54, 1.807) is 12.0 Å². The Morgan fingerprint density at radius 1 is 1.29 bits per heavy atom. The number of nitrogens with zero attached hydrogens (tertiary/aromatic N) is 1. The van der Waals surface area contributed by atoms with Gasteiger partial charge in [0.1, 0.15) is 11.6 Å². The van der Waals surface area contributed by atoms with Gasteiger partial charge in [-0.15, -0.1) is 0 Å². The number of amides is 2. The van der Waals surface area contributed by atoms with Gasteiger partial charge in [0.25, 0.3) is 5.91 Å². The molecule has 1 aromatic rings. The fourth-order valence-corrected chi connectivity index (χ4v) is 3.52. The summed E-state index contributed by atoms with van der Waals surface area (Å²) in [7, 11) is 1.57. The molecule has 1 unspecified atom stereocenters. The predicted octanol–water partition coefficient (Wildman–Crippen LogP) is 1.07. The van der Waals surface area contributed by atoms with Gasteiger partial charge in [0.2, 0.25) is 5.91 Å². The quantitative estimate of drug-likeness (QED) is 0.866. The van der Waals surface area contributed by atoms with Crippen molar-refractivity contribution < 1.29 is 14.3 Å². The smallest absolute Gasteiger partial charge is 0.252 e. The number of methoxy groups -OCH3 is 1. The number of ether oxygens (including phenoxy) is 1. The lowest BCUT2D eigenvalue weighted by molar-refractivity contribution is -0.149. The summed E-state index contributed by atoms with van der Waals surface area (Å²) in [4.78, 5) is 27.3. The Kier molecular flexibility index (Phi) is 5.16. The lowest BCUT2D eigenvalue weighted by Gasteiger charge is -2.38. The molecule has 24 heavy (non-hydrogen) atoms. The second-order valence-corrected chi connectivity index (χ2v) is 6.44. The Morgan fingerprint density at radius 3 is 2.67 bits per heavy atom. The summed E-state index contributed by atoms with van der Waals surface area (Å²) < 4.78 is 5.55. The van der Waals surface area contributed by atoms with Crippen LogP contribution < -0.4 is 15.5 Å². The first kappa shape index (κ1) is 16.9. The number of rotatable bonds is 4. The molecule has 6 nitrogen and oxygen atoms in total. The van der Waals surface area contributed by atoms with Crippen molar-refractivity contribution in [1.29, 1.82) is 0 Å². The summed E-state index contributed by atoms with van der Waals surface area (Å²) in [5.41, 5.74) is 0.0605. The van der Waals surface area contributed by atoms with E-state index in [0.29, 0.717) is 25.8 Å². The lowest BCUT2D eigenvalue weighted by Crippen LogP contribution is -2.60. The maximum absolute atomic E-state index is 12.8. The van der Waals surface area contributed by atoms with E-state index in [2.05, 4.69) is 10.6 Å². The Bertz CT molecular complexity index is 584. The third-order valence-corrected chi connectivity index (χ3v) is 5.03. The number of para-hydroxylation sites is 1. The molecule has 2 saturated heterocycles. The summed E-state index contributed by atoms with van der Waals surface area (Å²) in [5.74, 6) is -0.208. The van der Waals surface area contributed by atoms with E-state index in [9.17, 15) is 9.59 Å². The average molecular weight is 331 g/mol. The molecule has 0 radical (unpaired) electrons. The molecule has 2 aliphatic heterocycles. The summed E-state index contributed by atoms with van der Waals surface area (Å²) in [5, 5.41) is 6.18. The van der Waals surface area contributed by atoms with Gasteiger partial charge in [-0.3, -0.25) is 9.59 Å². The molecule has 3 rings (SSSR count). The molecular weight excluding hydrogens is 306 g/mol. The summed E-state index contributed by atoms with van der Waals surface area (Å²) in [6.07, 6.45) is 2.79. The van der Waals surface area contributed by atoms with Gasteiger partial charge in [-0.1, -0.05) is 18.2 Å². The molecule has 2 amide bonds. The van der Waals surface area contributed by atoms with Gasteiger partial charge in [0.15, 0.2) is 0 Å². The number of carbonyl (C=O) groups is 2. The summed E-state index contributed by atoms with van der Waals surface area (Å²) in [6.45, 7) is 2.18. The van der Waals surface area contributed by atoms with E-state index < -0.39 is 11.6 Å². The Labute approximate surface area is 142 Å². The second kappa shape index (κ2) is 7.32. The van der Waals surface area contributed by atoms with Crippen molar-refractivity contribution >= 4 is 17.5 Å². The minimum absolute atomic E-state index is 0.0408. The zero-order valence-electron chi connectivity index (χ0n) is 14.1. The zero-order chi connectivity index (χ0) is 17.0. The molecule has 0 saturated carbocycles. The Morgan fingerprint density at radius 2 is 2.00 bits per heavy atom.